The maximum absolute atomic E-state index is 6.08. The first kappa shape index (κ1) is 16.1. The van der Waals surface area contributed by atoms with E-state index < -0.39 is 0 Å². The Morgan fingerprint density at radius 1 is 1.10 bits per heavy atom. The Kier molecular flexibility index (Phi) is 5.43. The van der Waals surface area contributed by atoms with Crippen LogP contribution in [0.25, 0.3) is 0 Å². The van der Waals surface area contributed by atoms with Crippen molar-refractivity contribution in [2.24, 2.45) is 5.73 Å². The molecule has 0 aliphatic carbocycles. The van der Waals surface area contributed by atoms with Gasteiger partial charge in [-0.15, -0.1) is 0 Å². The van der Waals surface area contributed by atoms with Crippen molar-refractivity contribution in [3.63, 3.8) is 0 Å². The average Bonchev–Trinajstić information content (AvgIpc) is 2.41. The lowest BCUT2D eigenvalue weighted by atomic mass is 10.0. The summed E-state index contributed by atoms with van der Waals surface area (Å²) >= 11 is 3.51. The fourth-order valence-corrected chi connectivity index (χ4v) is 2.63. The first-order valence-electron chi connectivity index (χ1n) is 7.27. The van der Waals surface area contributed by atoms with E-state index >= 15 is 0 Å². The number of benzene rings is 2. The van der Waals surface area contributed by atoms with Gasteiger partial charge in [0.2, 0.25) is 0 Å². The lowest BCUT2D eigenvalue weighted by Crippen LogP contribution is -2.18. The summed E-state index contributed by atoms with van der Waals surface area (Å²) in [5, 5.41) is 0. The van der Waals surface area contributed by atoms with Crippen molar-refractivity contribution in [1.29, 1.82) is 0 Å². The van der Waals surface area contributed by atoms with Crippen LogP contribution in [0.4, 0.5) is 0 Å². The van der Waals surface area contributed by atoms with E-state index in [4.69, 9.17) is 10.5 Å². The molecule has 21 heavy (non-hydrogen) atoms. The minimum atomic E-state index is 0.101. The van der Waals surface area contributed by atoms with Crippen molar-refractivity contribution in [3.8, 4) is 11.5 Å². The normalized spacial score (nSPS) is 12.5. The van der Waals surface area contributed by atoms with Crippen LogP contribution in [0.1, 0.15) is 37.8 Å². The molecule has 3 heteroatoms. The van der Waals surface area contributed by atoms with Crippen LogP contribution in [0, 0.1) is 0 Å². The fraction of sp³-hybridized carbons (Fsp3) is 0.333. The number of nitrogens with two attached hydrogens (primary N) is 1. The van der Waals surface area contributed by atoms with Crippen molar-refractivity contribution < 1.29 is 4.74 Å². The van der Waals surface area contributed by atoms with Gasteiger partial charge in [0.05, 0.1) is 0 Å². The molecule has 2 N–H and O–H groups in total. The Morgan fingerprint density at radius 2 is 1.86 bits per heavy atom. The molecule has 1 atom stereocenters. The molecule has 0 aromatic heterocycles. The molecule has 2 rings (SSSR count). The second kappa shape index (κ2) is 7.10. The van der Waals surface area contributed by atoms with Gasteiger partial charge < -0.3 is 10.5 Å². The van der Waals surface area contributed by atoms with Gasteiger partial charge in [-0.2, -0.15) is 0 Å². The van der Waals surface area contributed by atoms with Gasteiger partial charge >= 0.3 is 0 Å². The molecule has 0 aliphatic heterocycles. The van der Waals surface area contributed by atoms with Crippen molar-refractivity contribution in [2.75, 3.05) is 0 Å². The van der Waals surface area contributed by atoms with Crippen LogP contribution in [0.15, 0.2) is 46.9 Å². The highest BCUT2D eigenvalue weighted by Crippen LogP contribution is 2.30. The second-order valence-electron chi connectivity index (χ2n) is 5.76. The minimum absolute atomic E-state index is 0.101. The van der Waals surface area contributed by atoms with Gasteiger partial charge in [0, 0.05) is 10.5 Å². The van der Waals surface area contributed by atoms with Crippen LogP contribution >= 0.6 is 15.9 Å². The first-order chi connectivity index (χ1) is 9.95. The Bertz CT molecular complexity index is 608. The van der Waals surface area contributed by atoms with Crippen molar-refractivity contribution in [1.82, 2.24) is 0 Å². The number of halogens is 1. The van der Waals surface area contributed by atoms with Crippen LogP contribution in [0.5, 0.6) is 11.5 Å². The predicted octanol–water partition coefficient (Wildman–Crippen LogP) is 5.25. The van der Waals surface area contributed by atoms with E-state index in [1.54, 1.807) is 0 Å². The zero-order valence-electron chi connectivity index (χ0n) is 12.8. The Labute approximate surface area is 135 Å². The zero-order valence-corrected chi connectivity index (χ0v) is 14.4. The van der Waals surface area contributed by atoms with E-state index in [0.29, 0.717) is 5.92 Å². The summed E-state index contributed by atoms with van der Waals surface area (Å²) in [5.74, 6) is 2.23. The lowest BCUT2D eigenvalue weighted by molar-refractivity contribution is 0.472. The molecule has 0 fully saturated rings. The molecular formula is C18H22BrNO. The summed E-state index contributed by atoms with van der Waals surface area (Å²) < 4.78 is 7.12. The quantitative estimate of drug-likeness (QED) is 0.800. The van der Waals surface area contributed by atoms with E-state index in [-0.39, 0.29) is 6.04 Å². The smallest absolute Gasteiger partial charge is 0.130 e. The van der Waals surface area contributed by atoms with E-state index in [9.17, 15) is 0 Å². The summed E-state index contributed by atoms with van der Waals surface area (Å²) in [6.45, 7) is 6.37. The molecule has 2 aromatic carbocycles. The summed E-state index contributed by atoms with van der Waals surface area (Å²) in [4.78, 5) is 0. The molecule has 112 valence electrons. The van der Waals surface area contributed by atoms with Crippen LogP contribution in [-0.2, 0) is 6.42 Å². The number of rotatable bonds is 5. The molecule has 0 bridgehead atoms. The molecule has 1 unspecified atom stereocenters. The van der Waals surface area contributed by atoms with Gasteiger partial charge in [-0.3, -0.25) is 0 Å². The lowest BCUT2D eigenvalue weighted by Gasteiger charge is -2.14. The maximum Gasteiger partial charge on any atom is 0.130 e. The zero-order chi connectivity index (χ0) is 15.4. The molecular weight excluding hydrogens is 326 g/mol. The van der Waals surface area contributed by atoms with Crippen molar-refractivity contribution >= 4 is 15.9 Å². The van der Waals surface area contributed by atoms with E-state index in [2.05, 4.69) is 48.0 Å². The van der Waals surface area contributed by atoms with E-state index in [1.165, 1.54) is 5.56 Å². The second-order valence-corrected chi connectivity index (χ2v) is 6.68. The predicted molar refractivity (Wildman–Crippen MR) is 92.1 cm³/mol. The Hall–Kier alpha value is -1.32. The molecule has 0 radical (unpaired) electrons. The van der Waals surface area contributed by atoms with Gasteiger partial charge in [0.1, 0.15) is 11.5 Å². The topological polar surface area (TPSA) is 35.2 Å². The van der Waals surface area contributed by atoms with Crippen LogP contribution in [-0.4, -0.2) is 6.04 Å². The first-order valence-corrected chi connectivity index (χ1v) is 8.07. The van der Waals surface area contributed by atoms with Crippen LogP contribution in [0.3, 0.4) is 0 Å². The molecule has 0 amide bonds. The highest BCUT2D eigenvalue weighted by atomic mass is 79.9. The maximum atomic E-state index is 6.08. The third-order valence-electron chi connectivity index (χ3n) is 3.32. The highest BCUT2D eigenvalue weighted by Gasteiger charge is 2.09. The third kappa shape index (κ3) is 4.58. The van der Waals surface area contributed by atoms with Crippen molar-refractivity contribution in [2.45, 2.75) is 39.2 Å². The van der Waals surface area contributed by atoms with Crippen LogP contribution in [0.2, 0.25) is 0 Å². The van der Waals surface area contributed by atoms with Gasteiger partial charge in [0.25, 0.3) is 0 Å². The largest absolute Gasteiger partial charge is 0.457 e. The Morgan fingerprint density at radius 3 is 2.52 bits per heavy atom. The SMILES string of the molecule is CC(N)Cc1cc(Br)ccc1Oc1cccc(C(C)C)c1. The number of ether oxygens (including phenoxy) is 1. The fourth-order valence-electron chi connectivity index (χ4n) is 2.22. The summed E-state index contributed by atoms with van der Waals surface area (Å²) in [7, 11) is 0. The standard InChI is InChI=1S/C18H22BrNO/c1-12(2)14-5-4-6-17(11-14)21-18-8-7-16(19)10-15(18)9-13(3)20/h4-8,10-13H,9,20H2,1-3H3. The van der Waals surface area contributed by atoms with Gasteiger partial charge in [-0.1, -0.05) is 41.9 Å². The molecule has 0 saturated carbocycles. The van der Waals surface area contributed by atoms with E-state index in [0.717, 1.165) is 28.0 Å². The highest BCUT2D eigenvalue weighted by molar-refractivity contribution is 9.10. The Balaban J connectivity index is 2.28. The van der Waals surface area contributed by atoms with Gasteiger partial charge in [-0.05, 0) is 60.7 Å². The summed E-state index contributed by atoms with van der Waals surface area (Å²) in [6, 6.07) is 14.4. The average molecular weight is 348 g/mol. The van der Waals surface area contributed by atoms with E-state index in [1.807, 2.05) is 31.2 Å². The molecule has 0 heterocycles. The number of hydrogen-bond acceptors (Lipinski definition) is 2. The summed E-state index contributed by atoms with van der Waals surface area (Å²) in [5.41, 5.74) is 8.33. The number of hydrogen-bond donors (Lipinski definition) is 1. The van der Waals surface area contributed by atoms with Gasteiger partial charge in [0.15, 0.2) is 0 Å². The molecule has 2 aromatic rings. The molecule has 0 saturated heterocycles. The van der Waals surface area contributed by atoms with Crippen molar-refractivity contribution in [3.05, 3.63) is 58.1 Å². The minimum Gasteiger partial charge on any atom is -0.457 e. The van der Waals surface area contributed by atoms with Gasteiger partial charge in [-0.25, -0.2) is 0 Å². The summed E-state index contributed by atoms with van der Waals surface area (Å²) in [6.07, 6.45) is 0.790. The molecule has 0 aliphatic rings. The molecule has 2 nitrogen and oxygen atoms in total. The third-order valence-corrected chi connectivity index (χ3v) is 3.81. The molecule has 0 spiro atoms. The van der Waals surface area contributed by atoms with Crippen LogP contribution < -0.4 is 10.5 Å². The monoisotopic (exact) mass is 347 g/mol.